The van der Waals surface area contributed by atoms with Crippen LogP contribution >= 0.6 is 0 Å². The summed E-state index contributed by atoms with van der Waals surface area (Å²) in [5.74, 6) is 0.112. The van der Waals surface area contributed by atoms with E-state index >= 15 is 0 Å². The van der Waals surface area contributed by atoms with Crippen LogP contribution < -0.4 is 9.46 Å². The number of carbonyl (C=O) groups is 1. The third-order valence-corrected chi connectivity index (χ3v) is 5.13. The van der Waals surface area contributed by atoms with Crippen LogP contribution in [0.3, 0.4) is 0 Å². The number of methoxy groups -OCH3 is 1. The van der Waals surface area contributed by atoms with Crippen molar-refractivity contribution in [2.45, 2.75) is 36.6 Å². The zero-order valence-electron chi connectivity index (χ0n) is 13.4. The quantitative estimate of drug-likeness (QED) is 0.708. The summed E-state index contributed by atoms with van der Waals surface area (Å²) in [7, 11) is -2.60. The molecule has 10 heteroatoms. The van der Waals surface area contributed by atoms with Crippen LogP contribution in [0.5, 0.6) is 5.75 Å². The number of carboxylic acids is 1. The van der Waals surface area contributed by atoms with Gasteiger partial charge in [-0.1, -0.05) is 11.2 Å². The molecule has 134 valence electrons. The van der Waals surface area contributed by atoms with E-state index in [2.05, 4.69) is 14.9 Å². The van der Waals surface area contributed by atoms with Gasteiger partial charge in [-0.2, -0.15) is 4.98 Å². The second-order valence-electron chi connectivity index (χ2n) is 5.70. The van der Waals surface area contributed by atoms with Crippen molar-refractivity contribution < 1.29 is 27.6 Å². The van der Waals surface area contributed by atoms with Crippen molar-refractivity contribution >= 4 is 16.0 Å². The SMILES string of the molecule is COc1ccc(CC(=O)O)cc1S(=O)(=O)NCc1noc(C2CC2)n1. The molecule has 0 saturated heterocycles. The summed E-state index contributed by atoms with van der Waals surface area (Å²) in [6.45, 7) is -0.134. The molecule has 25 heavy (non-hydrogen) atoms. The molecule has 0 spiro atoms. The first-order valence-corrected chi connectivity index (χ1v) is 9.08. The van der Waals surface area contributed by atoms with E-state index in [-0.39, 0.29) is 35.4 Å². The number of aliphatic carboxylic acids is 1. The van der Waals surface area contributed by atoms with Gasteiger partial charge < -0.3 is 14.4 Å². The van der Waals surface area contributed by atoms with Gasteiger partial charge >= 0.3 is 5.97 Å². The molecule has 0 bridgehead atoms. The van der Waals surface area contributed by atoms with Crippen molar-refractivity contribution in [3.8, 4) is 5.75 Å². The molecular weight excluding hydrogens is 350 g/mol. The number of aromatic nitrogens is 2. The molecular formula is C15H17N3O6S. The molecule has 1 aromatic carbocycles. The number of carboxylic acid groups (broad SMARTS) is 1. The van der Waals surface area contributed by atoms with E-state index in [0.29, 0.717) is 11.5 Å². The maximum Gasteiger partial charge on any atom is 0.307 e. The molecule has 0 amide bonds. The second kappa shape index (κ2) is 6.81. The van der Waals surface area contributed by atoms with Crippen molar-refractivity contribution in [3.63, 3.8) is 0 Å². The lowest BCUT2D eigenvalue weighted by atomic mass is 10.1. The Bertz CT molecular complexity index is 888. The number of sulfonamides is 1. The summed E-state index contributed by atoms with van der Waals surface area (Å²) in [4.78, 5) is 14.8. The van der Waals surface area contributed by atoms with Crippen molar-refractivity contribution in [2.75, 3.05) is 7.11 Å². The fraction of sp³-hybridized carbons (Fsp3) is 0.400. The Balaban J connectivity index is 1.78. The van der Waals surface area contributed by atoms with Crippen LogP contribution in [-0.4, -0.2) is 36.7 Å². The van der Waals surface area contributed by atoms with Gasteiger partial charge in [0.1, 0.15) is 10.6 Å². The average molecular weight is 367 g/mol. The van der Waals surface area contributed by atoms with Gasteiger partial charge in [-0.3, -0.25) is 4.79 Å². The number of ether oxygens (including phenoxy) is 1. The number of hydrogen-bond donors (Lipinski definition) is 2. The molecule has 1 heterocycles. The molecule has 0 aliphatic heterocycles. The number of rotatable bonds is 8. The van der Waals surface area contributed by atoms with E-state index in [1.807, 2.05) is 0 Å². The minimum Gasteiger partial charge on any atom is -0.495 e. The third-order valence-electron chi connectivity index (χ3n) is 3.70. The molecule has 2 aromatic rings. The second-order valence-corrected chi connectivity index (χ2v) is 7.44. The first-order valence-electron chi connectivity index (χ1n) is 7.60. The molecule has 1 aliphatic carbocycles. The summed E-state index contributed by atoms with van der Waals surface area (Å²) < 4.78 is 37.6. The smallest absolute Gasteiger partial charge is 0.307 e. The standard InChI is InChI=1S/C15H17N3O6S/c1-23-11-5-2-9(7-14(19)20)6-12(11)25(21,22)16-8-13-17-15(24-18-13)10-3-4-10/h2,5-6,10,16H,3-4,7-8H2,1H3,(H,19,20). The monoisotopic (exact) mass is 367 g/mol. The highest BCUT2D eigenvalue weighted by Crippen LogP contribution is 2.38. The Labute approximate surface area is 144 Å². The minimum atomic E-state index is -3.94. The van der Waals surface area contributed by atoms with Crippen LogP contribution in [-0.2, 0) is 27.8 Å². The Hall–Kier alpha value is -2.46. The molecule has 3 rings (SSSR count). The molecule has 0 unspecified atom stereocenters. The van der Waals surface area contributed by atoms with Crippen LogP contribution in [0.25, 0.3) is 0 Å². The normalized spacial score (nSPS) is 14.4. The lowest BCUT2D eigenvalue weighted by Crippen LogP contribution is -2.24. The van der Waals surface area contributed by atoms with E-state index in [1.54, 1.807) is 0 Å². The van der Waals surface area contributed by atoms with E-state index in [9.17, 15) is 13.2 Å². The van der Waals surface area contributed by atoms with Crippen molar-refractivity contribution in [3.05, 3.63) is 35.5 Å². The zero-order valence-corrected chi connectivity index (χ0v) is 14.2. The molecule has 1 aromatic heterocycles. The molecule has 1 saturated carbocycles. The fourth-order valence-electron chi connectivity index (χ4n) is 2.29. The van der Waals surface area contributed by atoms with Gasteiger partial charge in [-0.15, -0.1) is 0 Å². The van der Waals surface area contributed by atoms with Crippen LogP contribution in [0.15, 0.2) is 27.6 Å². The van der Waals surface area contributed by atoms with Crippen molar-refractivity contribution in [2.24, 2.45) is 0 Å². The van der Waals surface area contributed by atoms with Gasteiger partial charge in [0, 0.05) is 5.92 Å². The van der Waals surface area contributed by atoms with E-state index in [4.69, 9.17) is 14.4 Å². The maximum absolute atomic E-state index is 12.6. The summed E-state index contributed by atoms with van der Waals surface area (Å²) >= 11 is 0. The number of hydrogen-bond acceptors (Lipinski definition) is 7. The van der Waals surface area contributed by atoms with Crippen molar-refractivity contribution in [1.82, 2.24) is 14.9 Å². The van der Waals surface area contributed by atoms with Crippen LogP contribution in [0.4, 0.5) is 0 Å². The third kappa shape index (κ3) is 4.15. The number of nitrogens with one attached hydrogen (secondary N) is 1. The van der Waals surface area contributed by atoms with Gasteiger partial charge in [0.15, 0.2) is 5.82 Å². The predicted molar refractivity (Wildman–Crippen MR) is 84.6 cm³/mol. The molecule has 0 atom stereocenters. The Kier molecular flexibility index (Phi) is 4.73. The molecule has 2 N–H and O–H groups in total. The van der Waals surface area contributed by atoms with Gasteiger partial charge in [-0.05, 0) is 30.5 Å². The number of nitrogens with zero attached hydrogens (tertiary/aromatic N) is 2. The number of benzene rings is 1. The lowest BCUT2D eigenvalue weighted by molar-refractivity contribution is -0.136. The van der Waals surface area contributed by atoms with Crippen LogP contribution in [0.1, 0.15) is 36.0 Å². The molecule has 1 aliphatic rings. The van der Waals surface area contributed by atoms with Crippen molar-refractivity contribution in [1.29, 1.82) is 0 Å². The minimum absolute atomic E-state index is 0.119. The summed E-state index contributed by atoms with van der Waals surface area (Å²) in [5, 5.41) is 12.6. The highest BCUT2D eigenvalue weighted by atomic mass is 32.2. The van der Waals surface area contributed by atoms with Gasteiger partial charge in [-0.25, -0.2) is 13.1 Å². The van der Waals surface area contributed by atoms with E-state index < -0.39 is 16.0 Å². The maximum atomic E-state index is 12.6. The summed E-state index contributed by atoms with van der Waals surface area (Å²) in [6.07, 6.45) is 1.71. The van der Waals surface area contributed by atoms with Gasteiger partial charge in [0.2, 0.25) is 15.9 Å². The van der Waals surface area contributed by atoms with E-state index in [1.165, 1.54) is 25.3 Å². The van der Waals surface area contributed by atoms with Crippen LogP contribution in [0, 0.1) is 0 Å². The zero-order chi connectivity index (χ0) is 18.0. The lowest BCUT2D eigenvalue weighted by Gasteiger charge is -2.11. The Morgan fingerprint density at radius 3 is 2.84 bits per heavy atom. The molecule has 9 nitrogen and oxygen atoms in total. The topological polar surface area (TPSA) is 132 Å². The van der Waals surface area contributed by atoms with Gasteiger partial charge in [0.05, 0.1) is 20.1 Å². The predicted octanol–water partition coefficient (Wildman–Crippen LogP) is 1.06. The summed E-state index contributed by atoms with van der Waals surface area (Å²) in [6, 6.07) is 4.21. The highest BCUT2D eigenvalue weighted by molar-refractivity contribution is 7.89. The van der Waals surface area contributed by atoms with Crippen LogP contribution in [0.2, 0.25) is 0 Å². The Morgan fingerprint density at radius 2 is 2.20 bits per heavy atom. The first kappa shape index (κ1) is 17.4. The Morgan fingerprint density at radius 1 is 1.44 bits per heavy atom. The largest absolute Gasteiger partial charge is 0.495 e. The van der Waals surface area contributed by atoms with E-state index in [0.717, 1.165) is 12.8 Å². The summed E-state index contributed by atoms with van der Waals surface area (Å²) in [5.41, 5.74) is 0.351. The average Bonchev–Trinajstić information content (AvgIpc) is 3.31. The first-order chi connectivity index (χ1) is 11.9. The fourth-order valence-corrected chi connectivity index (χ4v) is 3.49. The highest BCUT2D eigenvalue weighted by Gasteiger charge is 2.30. The van der Waals surface area contributed by atoms with Gasteiger partial charge in [0.25, 0.3) is 0 Å². The molecule has 0 radical (unpaired) electrons. The molecule has 1 fully saturated rings.